The number of anilines is 1. The Kier molecular flexibility index (Phi) is 6.45. The molecule has 1 amide bonds. The lowest BCUT2D eigenvalue weighted by molar-refractivity contribution is -0.118. The van der Waals surface area contributed by atoms with Crippen LogP contribution in [0.25, 0.3) is 0 Å². The zero-order valence-corrected chi connectivity index (χ0v) is 17.8. The lowest BCUT2D eigenvalue weighted by Crippen LogP contribution is -2.31. The molecule has 1 aliphatic rings. The van der Waals surface area contributed by atoms with Gasteiger partial charge < -0.3 is 14.6 Å². The van der Waals surface area contributed by atoms with Crippen LogP contribution in [0.4, 0.5) is 5.69 Å². The van der Waals surface area contributed by atoms with Crippen molar-refractivity contribution < 1.29 is 24.2 Å². The smallest absolute Gasteiger partial charge is 0.294 e. The van der Waals surface area contributed by atoms with E-state index in [2.05, 4.69) is 6.92 Å². The third-order valence-electron chi connectivity index (χ3n) is 5.26. The van der Waals surface area contributed by atoms with Gasteiger partial charge in [0.15, 0.2) is 23.0 Å². The molecule has 30 heavy (non-hydrogen) atoms. The molecule has 158 valence electrons. The van der Waals surface area contributed by atoms with Crippen molar-refractivity contribution in [1.29, 1.82) is 0 Å². The number of benzene rings is 2. The van der Waals surface area contributed by atoms with E-state index in [4.69, 9.17) is 9.47 Å². The molecule has 0 spiro atoms. The largest absolute Gasteiger partial charge is 0.503 e. The zero-order valence-electron chi connectivity index (χ0n) is 17.8. The summed E-state index contributed by atoms with van der Waals surface area (Å²) in [5.74, 6) is -0.288. The maximum atomic E-state index is 13.0. The van der Waals surface area contributed by atoms with Gasteiger partial charge in [-0.1, -0.05) is 32.0 Å². The molecule has 0 saturated heterocycles. The highest BCUT2D eigenvalue weighted by Gasteiger charge is 2.44. The summed E-state index contributed by atoms with van der Waals surface area (Å²) < 4.78 is 11.0. The fourth-order valence-electron chi connectivity index (χ4n) is 3.69. The molecule has 0 fully saturated rings. The van der Waals surface area contributed by atoms with Gasteiger partial charge in [0.25, 0.3) is 5.91 Å². The van der Waals surface area contributed by atoms with Crippen molar-refractivity contribution in [2.24, 2.45) is 0 Å². The normalized spacial score (nSPS) is 16.2. The number of Topliss-reactive ketones (excluding diaryl/α,β-unsaturated/α-hetero) is 1. The van der Waals surface area contributed by atoms with Crippen molar-refractivity contribution in [3.05, 3.63) is 64.9 Å². The summed E-state index contributed by atoms with van der Waals surface area (Å²) >= 11 is 0. The minimum atomic E-state index is -0.748. The third-order valence-corrected chi connectivity index (χ3v) is 5.26. The second kappa shape index (κ2) is 9.03. The Morgan fingerprint density at radius 3 is 2.33 bits per heavy atom. The lowest BCUT2D eigenvalue weighted by Gasteiger charge is -2.27. The first-order chi connectivity index (χ1) is 14.5. The summed E-state index contributed by atoms with van der Waals surface area (Å²) in [5.41, 5.74) is 2.51. The minimum absolute atomic E-state index is 0.106. The maximum Gasteiger partial charge on any atom is 0.294 e. The van der Waals surface area contributed by atoms with Gasteiger partial charge in [0.1, 0.15) is 0 Å². The van der Waals surface area contributed by atoms with Crippen molar-refractivity contribution >= 4 is 17.4 Å². The Bertz CT molecular complexity index is 978. The van der Waals surface area contributed by atoms with Gasteiger partial charge >= 0.3 is 0 Å². The molecular weight excluding hydrogens is 382 g/mol. The summed E-state index contributed by atoms with van der Waals surface area (Å²) in [4.78, 5) is 27.2. The molecule has 0 saturated carbocycles. The molecule has 0 aliphatic carbocycles. The van der Waals surface area contributed by atoms with Crippen molar-refractivity contribution in [3.63, 3.8) is 0 Å². The molecular formula is C24H27NO5. The Labute approximate surface area is 176 Å². The van der Waals surface area contributed by atoms with E-state index in [-0.39, 0.29) is 17.8 Å². The number of ketones is 1. The third kappa shape index (κ3) is 3.77. The van der Waals surface area contributed by atoms with E-state index in [1.807, 2.05) is 31.2 Å². The molecule has 0 aromatic heterocycles. The molecule has 3 rings (SSSR count). The highest BCUT2D eigenvalue weighted by Crippen LogP contribution is 2.43. The van der Waals surface area contributed by atoms with Crippen LogP contribution in [0.5, 0.6) is 11.5 Å². The van der Waals surface area contributed by atoms with Crippen LogP contribution in [0.3, 0.4) is 0 Å². The molecule has 2 aromatic rings. The first-order valence-corrected chi connectivity index (χ1v) is 10.2. The Balaban J connectivity index is 2.16. The van der Waals surface area contributed by atoms with E-state index in [1.165, 1.54) is 4.90 Å². The van der Waals surface area contributed by atoms with Crippen LogP contribution in [-0.4, -0.2) is 30.5 Å². The monoisotopic (exact) mass is 409 g/mol. The van der Waals surface area contributed by atoms with Gasteiger partial charge in [-0.25, -0.2) is 0 Å². The predicted octanol–water partition coefficient (Wildman–Crippen LogP) is 4.54. The van der Waals surface area contributed by atoms with E-state index in [0.29, 0.717) is 29.4 Å². The first kappa shape index (κ1) is 21.4. The van der Waals surface area contributed by atoms with Crippen LogP contribution in [0.15, 0.2) is 53.8 Å². The van der Waals surface area contributed by atoms with E-state index >= 15 is 0 Å². The molecule has 1 heterocycles. The number of aliphatic hydroxyl groups excluding tert-OH is 1. The average molecular weight is 409 g/mol. The number of nitrogens with zero attached hydrogens (tertiary/aromatic N) is 1. The number of hydrogen-bond donors (Lipinski definition) is 1. The first-order valence-electron chi connectivity index (χ1n) is 10.2. The van der Waals surface area contributed by atoms with Gasteiger partial charge in [0.2, 0.25) is 0 Å². The van der Waals surface area contributed by atoms with Crippen LogP contribution in [0.2, 0.25) is 0 Å². The standard InChI is InChI=1S/C24H27NO5/c1-5-15-8-11-17(12-9-15)25-22(21(18(26)6-2)23(27)24(25)28)16-10-13-19(29-4)20(14-16)30-7-3/h8-14,22,27H,5-7H2,1-4H3. The van der Waals surface area contributed by atoms with Crippen LogP contribution in [0.1, 0.15) is 44.4 Å². The highest BCUT2D eigenvalue weighted by molar-refractivity contribution is 6.16. The van der Waals surface area contributed by atoms with Crippen LogP contribution < -0.4 is 14.4 Å². The van der Waals surface area contributed by atoms with E-state index < -0.39 is 17.7 Å². The van der Waals surface area contributed by atoms with Gasteiger partial charge in [0, 0.05) is 12.1 Å². The molecule has 2 aromatic carbocycles. The van der Waals surface area contributed by atoms with Gasteiger partial charge in [-0.3, -0.25) is 14.5 Å². The molecule has 0 bridgehead atoms. The quantitative estimate of drug-likeness (QED) is 0.693. The molecule has 0 radical (unpaired) electrons. The molecule has 6 nitrogen and oxygen atoms in total. The number of aliphatic hydroxyl groups is 1. The fraction of sp³-hybridized carbons (Fsp3) is 0.333. The van der Waals surface area contributed by atoms with Crippen molar-refractivity contribution in [2.45, 2.75) is 39.7 Å². The maximum absolute atomic E-state index is 13.0. The number of carbonyl (C=O) groups is 2. The van der Waals surface area contributed by atoms with Crippen molar-refractivity contribution in [2.75, 3.05) is 18.6 Å². The average Bonchev–Trinajstić information content (AvgIpc) is 3.04. The van der Waals surface area contributed by atoms with E-state index in [1.54, 1.807) is 32.2 Å². The molecule has 1 aliphatic heterocycles. The lowest BCUT2D eigenvalue weighted by atomic mass is 9.94. The van der Waals surface area contributed by atoms with Crippen LogP contribution in [-0.2, 0) is 16.0 Å². The van der Waals surface area contributed by atoms with E-state index in [9.17, 15) is 14.7 Å². The van der Waals surface area contributed by atoms with Gasteiger partial charge in [-0.05, 0) is 48.7 Å². The Morgan fingerprint density at radius 1 is 1.07 bits per heavy atom. The van der Waals surface area contributed by atoms with Gasteiger partial charge in [-0.15, -0.1) is 0 Å². The Hall–Kier alpha value is -3.28. The second-order valence-corrected chi connectivity index (χ2v) is 6.98. The highest BCUT2D eigenvalue weighted by atomic mass is 16.5. The molecule has 1 N–H and O–H groups in total. The predicted molar refractivity (Wildman–Crippen MR) is 115 cm³/mol. The summed E-state index contributed by atoms with van der Waals surface area (Å²) in [6, 6.07) is 12.1. The number of amides is 1. The van der Waals surface area contributed by atoms with Gasteiger partial charge in [-0.2, -0.15) is 0 Å². The van der Waals surface area contributed by atoms with Crippen molar-refractivity contribution in [1.82, 2.24) is 0 Å². The van der Waals surface area contributed by atoms with Crippen LogP contribution in [0, 0.1) is 0 Å². The second-order valence-electron chi connectivity index (χ2n) is 6.98. The molecule has 1 atom stereocenters. The number of rotatable bonds is 8. The SMILES string of the molecule is CCOc1cc(C2C(C(=O)CC)=C(O)C(=O)N2c2ccc(CC)cc2)ccc1OC. The molecule has 1 unspecified atom stereocenters. The Morgan fingerprint density at radius 2 is 1.77 bits per heavy atom. The number of aryl methyl sites for hydroxylation is 1. The van der Waals surface area contributed by atoms with Crippen LogP contribution >= 0.6 is 0 Å². The summed E-state index contributed by atoms with van der Waals surface area (Å²) in [6.45, 7) is 6.07. The zero-order chi connectivity index (χ0) is 21.8. The minimum Gasteiger partial charge on any atom is -0.503 e. The number of methoxy groups -OCH3 is 1. The summed E-state index contributed by atoms with van der Waals surface area (Å²) in [6.07, 6.45) is 1.05. The number of hydrogen-bond acceptors (Lipinski definition) is 5. The van der Waals surface area contributed by atoms with E-state index in [0.717, 1.165) is 12.0 Å². The number of ether oxygens (including phenoxy) is 2. The summed E-state index contributed by atoms with van der Waals surface area (Å²) in [7, 11) is 1.55. The fourth-order valence-corrected chi connectivity index (χ4v) is 3.69. The molecule has 6 heteroatoms. The topological polar surface area (TPSA) is 76.1 Å². The van der Waals surface area contributed by atoms with Gasteiger partial charge in [0.05, 0.1) is 25.3 Å². The summed E-state index contributed by atoms with van der Waals surface area (Å²) in [5, 5.41) is 10.6. The van der Waals surface area contributed by atoms with Crippen molar-refractivity contribution in [3.8, 4) is 11.5 Å². The number of carbonyl (C=O) groups excluding carboxylic acids is 2.